The molecule has 8 N–H and O–H groups in total. The fourth-order valence-electron chi connectivity index (χ4n) is 12.0. The predicted octanol–water partition coefficient (Wildman–Crippen LogP) is 2.60. The van der Waals surface area contributed by atoms with Crippen LogP contribution in [0, 0.1) is 47.3 Å². The Bertz CT molecular complexity index is 723. The molecule has 42 heavy (non-hydrogen) atoms. The standard InChI is InChI=1S/C32H56N8.Co.Zn/c1-2-10-18-17(9-1)25-33-26(18)38-28-21-13-5-6-14-22(21)30(35-28)40-32-24-16-8-7-15-23(24)31(36-32)39-29-20-12-4-3-11-19(20)27(34-29)37-25;;/h17-40H,1-16H2;;. The molecular weight excluding hydrogens is 621 g/mol. The maximum absolute atomic E-state index is 4.26. The van der Waals surface area contributed by atoms with Crippen LogP contribution in [0.5, 0.6) is 0 Å². The van der Waals surface area contributed by atoms with Crippen LogP contribution in [0.25, 0.3) is 0 Å². The first-order chi connectivity index (χ1) is 19.8. The minimum atomic E-state index is 0. The monoisotopic (exact) mass is 675 g/mol. The minimum absolute atomic E-state index is 0. The summed E-state index contributed by atoms with van der Waals surface area (Å²) in [7, 11) is 0. The summed E-state index contributed by atoms with van der Waals surface area (Å²) in [6.45, 7) is 0. The topological polar surface area (TPSA) is 96.2 Å². The van der Waals surface area contributed by atoms with Crippen LogP contribution in [-0.4, -0.2) is 49.3 Å². The molecule has 0 aromatic rings. The summed E-state index contributed by atoms with van der Waals surface area (Å²) >= 11 is 0. The third-order valence-electron chi connectivity index (χ3n) is 13.8. The first-order valence-electron chi connectivity index (χ1n) is 17.9. The van der Waals surface area contributed by atoms with Crippen molar-refractivity contribution < 1.29 is 36.3 Å². The Morgan fingerprint density at radius 3 is 0.476 bits per heavy atom. The zero-order chi connectivity index (χ0) is 26.2. The van der Waals surface area contributed by atoms with Gasteiger partial charge in [0.05, 0.1) is 49.3 Å². The van der Waals surface area contributed by atoms with Gasteiger partial charge >= 0.3 is 0 Å². The van der Waals surface area contributed by atoms with Crippen molar-refractivity contribution in [1.82, 2.24) is 42.5 Å². The van der Waals surface area contributed by atoms with Gasteiger partial charge in [0, 0.05) is 36.3 Å². The number of hydrogen-bond acceptors (Lipinski definition) is 8. The summed E-state index contributed by atoms with van der Waals surface area (Å²) in [5, 5.41) is 33.8. The molecule has 5 saturated heterocycles. The van der Waals surface area contributed by atoms with Gasteiger partial charge in [-0.1, -0.05) is 51.4 Å². The summed E-state index contributed by atoms with van der Waals surface area (Å²) in [4.78, 5) is 0. The van der Waals surface area contributed by atoms with Crippen molar-refractivity contribution in [2.24, 2.45) is 47.3 Å². The Morgan fingerprint density at radius 2 is 0.357 bits per heavy atom. The summed E-state index contributed by atoms with van der Waals surface area (Å²) < 4.78 is 0. The molecule has 8 bridgehead atoms. The summed E-state index contributed by atoms with van der Waals surface area (Å²) in [6.07, 6.45) is 25.6. The molecule has 5 heterocycles. The second-order valence-electron chi connectivity index (χ2n) is 15.6. The molecule has 4 aliphatic carbocycles. The quantitative estimate of drug-likeness (QED) is 0.186. The van der Waals surface area contributed by atoms with Crippen LogP contribution >= 0.6 is 0 Å². The van der Waals surface area contributed by atoms with Crippen LogP contribution in [0.15, 0.2) is 0 Å². The van der Waals surface area contributed by atoms with E-state index in [4.69, 9.17) is 0 Å². The Kier molecular flexibility index (Phi) is 9.82. The minimum Gasteiger partial charge on any atom is -0.286 e. The van der Waals surface area contributed by atoms with Crippen LogP contribution in [0.3, 0.4) is 0 Å². The first kappa shape index (κ1) is 31.4. The van der Waals surface area contributed by atoms with Gasteiger partial charge in [0.25, 0.3) is 0 Å². The number of fused-ring (bicyclic) bond motifs is 20. The average Bonchev–Trinajstić information content (AvgIpc) is 3.73. The fraction of sp³-hybridized carbons (Fsp3) is 1.00. The van der Waals surface area contributed by atoms with E-state index in [2.05, 4.69) is 42.5 Å². The van der Waals surface area contributed by atoms with E-state index in [-0.39, 0.29) is 36.3 Å². The molecule has 5 aliphatic heterocycles. The van der Waals surface area contributed by atoms with E-state index in [0.717, 1.165) is 47.3 Å². The summed E-state index contributed by atoms with van der Waals surface area (Å²) in [6, 6.07) is 0. The van der Waals surface area contributed by atoms with Crippen molar-refractivity contribution in [1.29, 1.82) is 0 Å². The third kappa shape index (κ3) is 5.46. The smallest absolute Gasteiger partial charge is 0.0628 e. The molecule has 8 atom stereocenters. The van der Waals surface area contributed by atoms with Gasteiger partial charge in [-0.25, -0.2) is 0 Å². The van der Waals surface area contributed by atoms with Crippen molar-refractivity contribution in [3.05, 3.63) is 0 Å². The van der Waals surface area contributed by atoms with Crippen LogP contribution < -0.4 is 42.5 Å². The zero-order valence-electron chi connectivity index (χ0n) is 25.6. The third-order valence-corrected chi connectivity index (χ3v) is 13.8. The molecule has 10 heteroatoms. The SMILES string of the molecule is C1CCC2C3NC(NC4NC(NC5NC(NC6NC(N3)C3CCCCC63)C3CCCCC53)C3CCCCC43)C2C1.[Co].[Zn]. The number of nitrogens with one attached hydrogen (secondary N) is 8. The van der Waals surface area contributed by atoms with E-state index in [9.17, 15) is 0 Å². The van der Waals surface area contributed by atoms with Gasteiger partial charge in [0.1, 0.15) is 0 Å². The Labute approximate surface area is 277 Å². The fourth-order valence-corrected chi connectivity index (χ4v) is 12.0. The van der Waals surface area contributed by atoms with Gasteiger partial charge in [-0.05, 0) is 98.7 Å². The molecule has 9 aliphatic rings. The van der Waals surface area contributed by atoms with Crippen LogP contribution in [0.4, 0.5) is 0 Å². The Balaban J connectivity index is 0.00000144. The molecule has 1 radical (unpaired) electrons. The molecule has 9 fully saturated rings. The largest absolute Gasteiger partial charge is 0.286 e. The second-order valence-corrected chi connectivity index (χ2v) is 15.6. The molecule has 235 valence electrons. The Morgan fingerprint density at radius 1 is 0.238 bits per heavy atom. The summed E-state index contributed by atoms with van der Waals surface area (Å²) in [5.74, 6) is 5.97. The van der Waals surface area contributed by atoms with Gasteiger partial charge in [-0.3, -0.25) is 42.5 Å². The number of rotatable bonds is 0. The van der Waals surface area contributed by atoms with Crippen LogP contribution in [0.1, 0.15) is 103 Å². The normalized spacial score (nSPS) is 54.9. The van der Waals surface area contributed by atoms with Crippen LogP contribution in [-0.2, 0) is 36.3 Å². The van der Waals surface area contributed by atoms with Gasteiger partial charge < -0.3 is 0 Å². The molecule has 0 spiro atoms. The zero-order valence-corrected chi connectivity index (χ0v) is 29.6. The maximum atomic E-state index is 4.26. The van der Waals surface area contributed by atoms with E-state index in [1.807, 2.05) is 0 Å². The van der Waals surface area contributed by atoms with Crippen molar-refractivity contribution in [2.75, 3.05) is 0 Å². The van der Waals surface area contributed by atoms with E-state index in [0.29, 0.717) is 49.3 Å². The number of hydrogen-bond donors (Lipinski definition) is 8. The van der Waals surface area contributed by atoms with E-state index >= 15 is 0 Å². The van der Waals surface area contributed by atoms with Crippen molar-refractivity contribution in [3.63, 3.8) is 0 Å². The molecule has 0 aromatic heterocycles. The molecule has 0 amide bonds. The molecule has 8 nitrogen and oxygen atoms in total. The van der Waals surface area contributed by atoms with E-state index in [1.165, 1.54) is 103 Å². The predicted molar refractivity (Wildman–Crippen MR) is 157 cm³/mol. The van der Waals surface area contributed by atoms with Crippen molar-refractivity contribution in [2.45, 2.75) is 152 Å². The van der Waals surface area contributed by atoms with Gasteiger partial charge in [0.15, 0.2) is 0 Å². The van der Waals surface area contributed by atoms with Crippen molar-refractivity contribution >= 4 is 0 Å². The summed E-state index contributed by atoms with van der Waals surface area (Å²) in [5.41, 5.74) is 0. The van der Waals surface area contributed by atoms with Gasteiger partial charge in [-0.2, -0.15) is 0 Å². The van der Waals surface area contributed by atoms with Gasteiger partial charge in [-0.15, -0.1) is 0 Å². The maximum Gasteiger partial charge on any atom is 0.0628 e. The molecule has 4 saturated carbocycles. The Hall–Kier alpha value is 0.810. The average molecular weight is 677 g/mol. The van der Waals surface area contributed by atoms with Crippen molar-refractivity contribution in [3.8, 4) is 0 Å². The molecular formula is C32H56CoN8Zn. The first-order valence-corrected chi connectivity index (χ1v) is 17.9. The van der Waals surface area contributed by atoms with E-state index in [1.54, 1.807) is 0 Å². The second kappa shape index (κ2) is 13.1. The molecule has 8 unspecified atom stereocenters. The molecule has 0 aromatic carbocycles. The van der Waals surface area contributed by atoms with Gasteiger partial charge in [0.2, 0.25) is 0 Å². The van der Waals surface area contributed by atoms with E-state index < -0.39 is 0 Å². The van der Waals surface area contributed by atoms with Crippen LogP contribution in [0.2, 0.25) is 0 Å². The molecule has 9 rings (SSSR count).